The molecule has 7 nitrogen and oxygen atoms in total. The number of nitrogens with zero attached hydrogens (tertiary/aromatic N) is 3. The van der Waals surface area contributed by atoms with E-state index in [1.807, 2.05) is 37.3 Å². The van der Waals surface area contributed by atoms with Crippen LogP contribution in [0, 0.1) is 13.8 Å². The number of benzene rings is 1. The van der Waals surface area contributed by atoms with Crippen LogP contribution in [0.5, 0.6) is 5.75 Å². The van der Waals surface area contributed by atoms with Crippen molar-refractivity contribution in [1.29, 1.82) is 0 Å². The van der Waals surface area contributed by atoms with E-state index in [-0.39, 0.29) is 12.0 Å². The molecule has 0 N–H and O–H groups in total. The molecule has 1 atom stereocenters. The molecule has 28 heavy (non-hydrogen) atoms. The Bertz CT molecular complexity index is 1060. The number of aromatic nitrogens is 2. The van der Waals surface area contributed by atoms with Gasteiger partial charge in [0, 0.05) is 19.0 Å². The van der Waals surface area contributed by atoms with Gasteiger partial charge in [-0.25, -0.2) is 9.48 Å². The SMILES string of the molecule is Cc1cc(OC2CCN(C(=O)c3cnn(-c4ccccc4)c3C)C2)cc(=O)o1. The summed E-state index contributed by atoms with van der Waals surface area (Å²) in [6.07, 6.45) is 2.16. The predicted molar refractivity (Wildman–Crippen MR) is 103 cm³/mol. The Balaban J connectivity index is 1.46. The van der Waals surface area contributed by atoms with E-state index in [1.165, 1.54) is 6.07 Å². The van der Waals surface area contributed by atoms with E-state index >= 15 is 0 Å². The second-order valence-electron chi connectivity index (χ2n) is 6.89. The molecule has 2 aromatic heterocycles. The van der Waals surface area contributed by atoms with Crippen LogP contribution in [0.25, 0.3) is 5.69 Å². The van der Waals surface area contributed by atoms with Crippen molar-refractivity contribution in [3.05, 3.63) is 76.1 Å². The number of likely N-dealkylation sites (tertiary alicyclic amines) is 1. The maximum absolute atomic E-state index is 13.0. The van der Waals surface area contributed by atoms with Crippen LogP contribution < -0.4 is 10.4 Å². The number of aryl methyl sites for hydroxylation is 1. The first kappa shape index (κ1) is 18.0. The van der Waals surface area contributed by atoms with Crippen molar-refractivity contribution in [3.63, 3.8) is 0 Å². The summed E-state index contributed by atoms with van der Waals surface area (Å²) >= 11 is 0. The summed E-state index contributed by atoms with van der Waals surface area (Å²) in [7, 11) is 0. The van der Waals surface area contributed by atoms with Gasteiger partial charge in [-0.15, -0.1) is 0 Å². The second-order valence-corrected chi connectivity index (χ2v) is 6.89. The Morgan fingerprint density at radius 3 is 2.75 bits per heavy atom. The summed E-state index contributed by atoms with van der Waals surface area (Å²) in [6.45, 7) is 4.66. The highest BCUT2D eigenvalue weighted by Gasteiger charge is 2.30. The van der Waals surface area contributed by atoms with Crippen molar-refractivity contribution in [2.75, 3.05) is 13.1 Å². The number of hydrogen-bond donors (Lipinski definition) is 0. The average molecular weight is 379 g/mol. The molecule has 4 rings (SSSR count). The molecule has 0 spiro atoms. The van der Waals surface area contributed by atoms with Gasteiger partial charge in [0.15, 0.2) is 0 Å². The van der Waals surface area contributed by atoms with Crippen LogP contribution in [0.4, 0.5) is 0 Å². The van der Waals surface area contributed by atoms with E-state index < -0.39 is 5.63 Å². The lowest BCUT2D eigenvalue weighted by molar-refractivity contribution is 0.0771. The Hall–Kier alpha value is -3.35. The third-order valence-corrected chi connectivity index (χ3v) is 4.84. The lowest BCUT2D eigenvalue weighted by Gasteiger charge is -2.17. The number of carbonyl (C=O) groups is 1. The molecule has 1 aliphatic heterocycles. The first-order valence-electron chi connectivity index (χ1n) is 9.19. The van der Waals surface area contributed by atoms with Gasteiger partial charge in [-0.1, -0.05) is 18.2 Å². The minimum absolute atomic E-state index is 0.0606. The molecule has 7 heteroatoms. The van der Waals surface area contributed by atoms with Gasteiger partial charge in [-0.2, -0.15) is 5.10 Å². The van der Waals surface area contributed by atoms with E-state index in [9.17, 15) is 9.59 Å². The van der Waals surface area contributed by atoms with E-state index in [4.69, 9.17) is 9.15 Å². The summed E-state index contributed by atoms with van der Waals surface area (Å²) in [5.74, 6) is 0.910. The molecule has 3 aromatic rings. The molecule has 1 unspecified atom stereocenters. The van der Waals surface area contributed by atoms with Crippen LogP contribution in [0.2, 0.25) is 0 Å². The summed E-state index contributed by atoms with van der Waals surface area (Å²) in [5.41, 5.74) is 1.86. The topological polar surface area (TPSA) is 77.6 Å². The second kappa shape index (κ2) is 7.34. The van der Waals surface area contributed by atoms with Crippen molar-refractivity contribution in [3.8, 4) is 11.4 Å². The van der Waals surface area contributed by atoms with Crippen LogP contribution in [0.3, 0.4) is 0 Å². The lowest BCUT2D eigenvalue weighted by atomic mass is 10.2. The molecule has 0 radical (unpaired) electrons. The number of ether oxygens (including phenoxy) is 1. The molecule has 1 aromatic carbocycles. The smallest absolute Gasteiger partial charge is 0.339 e. The fourth-order valence-corrected chi connectivity index (χ4v) is 3.46. The first-order valence-corrected chi connectivity index (χ1v) is 9.19. The molecular formula is C21H21N3O4. The number of hydrogen-bond acceptors (Lipinski definition) is 5. The monoisotopic (exact) mass is 379 g/mol. The van der Waals surface area contributed by atoms with Gasteiger partial charge < -0.3 is 14.1 Å². The summed E-state index contributed by atoms with van der Waals surface area (Å²) in [5, 5.41) is 4.38. The van der Waals surface area contributed by atoms with Crippen LogP contribution in [-0.4, -0.2) is 39.8 Å². The van der Waals surface area contributed by atoms with Gasteiger partial charge >= 0.3 is 5.63 Å². The molecule has 0 bridgehead atoms. The van der Waals surface area contributed by atoms with Gasteiger partial charge in [0.05, 0.1) is 35.8 Å². The fraction of sp³-hybridized carbons (Fsp3) is 0.286. The molecule has 1 fully saturated rings. The highest BCUT2D eigenvalue weighted by atomic mass is 16.5. The van der Waals surface area contributed by atoms with Crippen LogP contribution in [0.15, 0.2) is 57.9 Å². The molecule has 0 saturated carbocycles. The number of amides is 1. The first-order chi connectivity index (χ1) is 13.5. The van der Waals surface area contributed by atoms with E-state index in [1.54, 1.807) is 28.8 Å². The van der Waals surface area contributed by atoms with Crippen molar-refractivity contribution in [2.45, 2.75) is 26.4 Å². The molecule has 1 saturated heterocycles. The number of carbonyl (C=O) groups excluding carboxylic acids is 1. The van der Waals surface area contributed by atoms with E-state index in [0.717, 1.165) is 11.4 Å². The Morgan fingerprint density at radius 1 is 1.21 bits per heavy atom. The zero-order valence-corrected chi connectivity index (χ0v) is 15.8. The third kappa shape index (κ3) is 3.55. The summed E-state index contributed by atoms with van der Waals surface area (Å²) < 4.78 is 12.6. The van der Waals surface area contributed by atoms with Crippen molar-refractivity contribution in [1.82, 2.24) is 14.7 Å². The van der Waals surface area contributed by atoms with Crippen LogP contribution in [0.1, 0.15) is 28.2 Å². The molecule has 3 heterocycles. The Labute approximate surface area is 162 Å². The van der Waals surface area contributed by atoms with Gasteiger partial charge in [0.25, 0.3) is 5.91 Å². The average Bonchev–Trinajstić information content (AvgIpc) is 3.28. The van der Waals surface area contributed by atoms with E-state index in [2.05, 4.69) is 5.10 Å². The van der Waals surface area contributed by atoms with Crippen LogP contribution >= 0.6 is 0 Å². The molecular weight excluding hydrogens is 358 g/mol. The van der Waals surface area contributed by atoms with Crippen molar-refractivity contribution >= 4 is 5.91 Å². The predicted octanol–water partition coefficient (Wildman–Crippen LogP) is 2.74. The Morgan fingerprint density at radius 2 is 2.00 bits per heavy atom. The highest BCUT2D eigenvalue weighted by molar-refractivity contribution is 5.95. The van der Waals surface area contributed by atoms with Gasteiger partial charge in [0.2, 0.25) is 0 Å². The molecule has 0 aliphatic carbocycles. The third-order valence-electron chi connectivity index (χ3n) is 4.84. The maximum Gasteiger partial charge on any atom is 0.339 e. The normalized spacial score (nSPS) is 16.4. The fourth-order valence-electron chi connectivity index (χ4n) is 3.46. The van der Waals surface area contributed by atoms with Gasteiger partial charge in [-0.3, -0.25) is 4.79 Å². The lowest BCUT2D eigenvalue weighted by Crippen LogP contribution is -2.31. The summed E-state index contributed by atoms with van der Waals surface area (Å²) in [4.78, 5) is 26.2. The summed E-state index contributed by atoms with van der Waals surface area (Å²) in [6, 6.07) is 12.7. The highest BCUT2D eigenvalue weighted by Crippen LogP contribution is 2.22. The largest absolute Gasteiger partial charge is 0.488 e. The molecule has 1 amide bonds. The molecule has 144 valence electrons. The minimum Gasteiger partial charge on any atom is -0.488 e. The Kier molecular flexibility index (Phi) is 4.73. The zero-order chi connectivity index (χ0) is 19.7. The molecule has 1 aliphatic rings. The zero-order valence-electron chi connectivity index (χ0n) is 15.8. The quantitative estimate of drug-likeness (QED) is 0.697. The minimum atomic E-state index is -0.440. The van der Waals surface area contributed by atoms with Gasteiger partial charge in [-0.05, 0) is 26.0 Å². The number of rotatable bonds is 4. The van der Waals surface area contributed by atoms with Crippen molar-refractivity contribution < 1.29 is 13.9 Å². The maximum atomic E-state index is 13.0. The van der Waals surface area contributed by atoms with Crippen molar-refractivity contribution in [2.24, 2.45) is 0 Å². The van der Waals surface area contributed by atoms with E-state index in [0.29, 0.717) is 36.6 Å². The van der Waals surface area contributed by atoms with Gasteiger partial charge in [0.1, 0.15) is 17.6 Å². The standard InChI is InChI=1S/C21H21N3O4/c1-14-10-18(11-20(25)27-14)28-17-8-9-23(13-17)21(26)19-12-22-24(15(19)2)16-6-4-3-5-7-16/h3-7,10-12,17H,8-9,13H2,1-2H3. The number of para-hydroxylation sites is 1. The van der Waals surface area contributed by atoms with Crippen LogP contribution in [-0.2, 0) is 0 Å².